The molecule has 2 aromatic carbocycles. The Morgan fingerprint density at radius 3 is 2.47 bits per heavy atom. The molecule has 2 aliphatic rings. The Hall–Kier alpha value is -3.32. The lowest BCUT2D eigenvalue weighted by atomic mass is 9.89. The number of phenolic OH excluding ortho intramolecular Hbond substituents is 1. The summed E-state index contributed by atoms with van der Waals surface area (Å²) in [6.45, 7) is 4.06. The number of benzene rings is 2. The van der Waals surface area contributed by atoms with Gasteiger partial charge in [0, 0.05) is 6.42 Å². The van der Waals surface area contributed by atoms with Crippen LogP contribution in [0.3, 0.4) is 0 Å². The summed E-state index contributed by atoms with van der Waals surface area (Å²) in [7, 11) is 0. The van der Waals surface area contributed by atoms with Crippen molar-refractivity contribution in [3.05, 3.63) is 64.7 Å². The van der Waals surface area contributed by atoms with E-state index in [4.69, 9.17) is 9.47 Å². The number of phenols is 1. The summed E-state index contributed by atoms with van der Waals surface area (Å²) >= 11 is 0. The van der Waals surface area contributed by atoms with Crippen LogP contribution in [0.2, 0.25) is 0 Å². The van der Waals surface area contributed by atoms with Gasteiger partial charge in [-0.3, -0.25) is 0 Å². The average Bonchev–Trinajstić information content (AvgIpc) is 2.93. The zero-order valence-corrected chi connectivity index (χ0v) is 16.6. The van der Waals surface area contributed by atoms with E-state index < -0.39 is 17.7 Å². The fourth-order valence-electron chi connectivity index (χ4n) is 3.89. The van der Waals surface area contributed by atoms with Gasteiger partial charge in [0.25, 0.3) is 0 Å². The minimum absolute atomic E-state index is 0.0254. The fraction of sp³-hybridized carbons (Fsp3) is 0.304. The van der Waals surface area contributed by atoms with Crippen LogP contribution in [0.4, 0.5) is 0 Å². The molecule has 156 valence electrons. The Balaban J connectivity index is 1.77. The van der Waals surface area contributed by atoms with Crippen LogP contribution in [0.25, 0.3) is 5.57 Å². The van der Waals surface area contributed by atoms with Crippen LogP contribution < -0.4 is 4.74 Å². The molecule has 3 N–H and O–H groups in total. The van der Waals surface area contributed by atoms with Gasteiger partial charge in [-0.05, 0) is 61.6 Å². The Bertz CT molecular complexity index is 1070. The van der Waals surface area contributed by atoms with E-state index in [9.17, 15) is 24.9 Å². The maximum absolute atomic E-state index is 12.5. The van der Waals surface area contributed by atoms with E-state index in [1.54, 1.807) is 0 Å². The maximum Gasteiger partial charge on any atom is 0.382 e. The van der Waals surface area contributed by atoms with Crippen LogP contribution in [-0.2, 0) is 27.2 Å². The SMILES string of the molecule is CC1(C)CCc2cc(CC3=C(c4ccc(O)cc4)[C@@](O)(C(=O)O)OC3=O)ccc2O1. The highest BCUT2D eigenvalue weighted by atomic mass is 16.7. The molecular formula is C23H22O7. The molecule has 0 aromatic heterocycles. The number of esters is 1. The number of hydrogen-bond donors (Lipinski definition) is 3. The van der Waals surface area contributed by atoms with Crippen molar-refractivity contribution < 1.29 is 34.4 Å². The molecule has 1 atom stereocenters. The minimum atomic E-state index is -2.79. The first-order valence-electron chi connectivity index (χ1n) is 9.62. The van der Waals surface area contributed by atoms with Crippen LogP contribution in [0.15, 0.2) is 48.0 Å². The highest BCUT2D eigenvalue weighted by molar-refractivity contribution is 6.11. The van der Waals surface area contributed by atoms with Crippen molar-refractivity contribution in [3.63, 3.8) is 0 Å². The predicted molar refractivity (Wildman–Crippen MR) is 107 cm³/mol. The number of carboxylic acids is 1. The van der Waals surface area contributed by atoms with E-state index in [0.717, 1.165) is 29.7 Å². The van der Waals surface area contributed by atoms with Crippen molar-refractivity contribution in [3.8, 4) is 11.5 Å². The fourth-order valence-corrected chi connectivity index (χ4v) is 3.89. The van der Waals surface area contributed by atoms with Gasteiger partial charge in [-0.15, -0.1) is 0 Å². The number of hydrogen-bond acceptors (Lipinski definition) is 6. The van der Waals surface area contributed by atoms with Gasteiger partial charge in [-0.1, -0.05) is 24.3 Å². The molecule has 2 aromatic rings. The van der Waals surface area contributed by atoms with Crippen molar-refractivity contribution in [2.24, 2.45) is 0 Å². The van der Waals surface area contributed by atoms with E-state index in [0.29, 0.717) is 0 Å². The lowest BCUT2D eigenvalue weighted by Crippen LogP contribution is -2.40. The zero-order valence-electron chi connectivity index (χ0n) is 16.6. The summed E-state index contributed by atoms with van der Waals surface area (Å²) in [6, 6.07) is 11.2. The second kappa shape index (κ2) is 6.88. The van der Waals surface area contributed by atoms with Crippen molar-refractivity contribution in [1.29, 1.82) is 0 Å². The Morgan fingerprint density at radius 2 is 1.80 bits per heavy atom. The van der Waals surface area contributed by atoms with Crippen LogP contribution in [0, 0.1) is 0 Å². The molecule has 0 amide bonds. The number of aryl methyl sites for hydroxylation is 1. The molecule has 0 fully saturated rings. The number of carboxylic acid groups (broad SMARTS) is 1. The van der Waals surface area contributed by atoms with Crippen molar-refractivity contribution >= 4 is 17.5 Å². The normalized spacial score (nSPS) is 22.3. The van der Waals surface area contributed by atoms with Gasteiger partial charge < -0.3 is 24.8 Å². The molecule has 2 heterocycles. The summed E-state index contributed by atoms with van der Waals surface area (Å²) in [5.41, 5.74) is 1.75. The van der Waals surface area contributed by atoms with Gasteiger partial charge in [0.15, 0.2) is 0 Å². The number of aliphatic hydroxyl groups is 1. The second-order valence-electron chi connectivity index (χ2n) is 8.22. The molecule has 30 heavy (non-hydrogen) atoms. The maximum atomic E-state index is 12.5. The van der Waals surface area contributed by atoms with E-state index >= 15 is 0 Å². The largest absolute Gasteiger partial charge is 0.508 e. The van der Waals surface area contributed by atoms with Crippen LogP contribution in [0.1, 0.15) is 37.0 Å². The number of carbonyl (C=O) groups is 2. The number of cyclic esters (lactones) is 1. The molecule has 0 aliphatic carbocycles. The summed E-state index contributed by atoms with van der Waals surface area (Å²) in [5.74, 6) is -4.60. The number of ether oxygens (including phenoxy) is 2. The quantitative estimate of drug-likeness (QED) is 0.664. The number of aliphatic carboxylic acids is 1. The van der Waals surface area contributed by atoms with Gasteiger partial charge >= 0.3 is 17.7 Å². The average molecular weight is 410 g/mol. The van der Waals surface area contributed by atoms with Gasteiger partial charge in [0.1, 0.15) is 17.1 Å². The molecule has 0 radical (unpaired) electrons. The summed E-state index contributed by atoms with van der Waals surface area (Å²) in [6.07, 6.45) is 1.76. The summed E-state index contributed by atoms with van der Waals surface area (Å²) < 4.78 is 10.9. The van der Waals surface area contributed by atoms with Gasteiger partial charge in [0.05, 0.1) is 11.1 Å². The summed E-state index contributed by atoms with van der Waals surface area (Å²) in [4.78, 5) is 24.3. The Labute approximate surface area is 173 Å². The first-order valence-corrected chi connectivity index (χ1v) is 9.62. The molecule has 0 saturated heterocycles. The van der Waals surface area contributed by atoms with Crippen LogP contribution >= 0.6 is 0 Å². The predicted octanol–water partition coefficient (Wildman–Crippen LogP) is 2.82. The lowest BCUT2D eigenvalue weighted by molar-refractivity contribution is -0.198. The van der Waals surface area contributed by atoms with Crippen molar-refractivity contribution in [1.82, 2.24) is 0 Å². The number of aromatic hydroxyl groups is 1. The van der Waals surface area contributed by atoms with Gasteiger partial charge in [-0.2, -0.15) is 0 Å². The highest BCUT2D eigenvalue weighted by Gasteiger charge is 2.53. The van der Waals surface area contributed by atoms with Crippen LogP contribution in [-0.4, -0.2) is 38.6 Å². The smallest absolute Gasteiger partial charge is 0.382 e. The first kappa shape index (κ1) is 20.0. The second-order valence-corrected chi connectivity index (χ2v) is 8.22. The first-order chi connectivity index (χ1) is 14.1. The van der Waals surface area contributed by atoms with E-state index in [1.165, 1.54) is 24.3 Å². The number of carbonyl (C=O) groups excluding carboxylic acids is 1. The zero-order chi connectivity index (χ0) is 21.7. The minimum Gasteiger partial charge on any atom is -0.508 e. The molecule has 0 spiro atoms. The molecule has 0 unspecified atom stereocenters. The lowest BCUT2D eigenvalue weighted by Gasteiger charge is -2.32. The number of fused-ring (bicyclic) bond motifs is 1. The van der Waals surface area contributed by atoms with E-state index in [-0.39, 0.29) is 34.5 Å². The third kappa shape index (κ3) is 3.41. The van der Waals surface area contributed by atoms with Crippen LogP contribution in [0.5, 0.6) is 11.5 Å². The topological polar surface area (TPSA) is 113 Å². The van der Waals surface area contributed by atoms with E-state index in [2.05, 4.69) is 0 Å². The number of rotatable bonds is 4. The van der Waals surface area contributed by atoms with Crippen molar-refractivity contribution in [2.75, 3.05) is 0 Å². The third-order valence-electron chi connectivity index (χ3n) is 5.46. The molecular weight excluding hydrogens is 388 g/mol. The van der Waals surface area contributed by atoms with Gasteiger partial charge in [0.2, 0.25) is 0 Å². The molecule has 7 heteroatoms. The Kier molecular flexibility index (Phi) is 4.58. The summed E-state index contributed by atoms with van der Waals surface area (Å²) in [5, 5.41) is 29.7. The molecule has 2 aliphatic heterocycles. The highest BCUT2D eigenvalue weighted by Crippen LogP contribution is 2.41. The monoisotopic (exact) mass is 410 g/mol. The third-order valence-corrected chi connectivity index (χ3v) is 5.46. The molecule has 0 bridgehead atoms. The molecule has 0 saturated carbocycles. The van der Waals surface area contributed by atoms with E-state index in [1.807, 2.05) is 32.0 Å². The van der Waals surface area contributed by atoms with Gasteiger partial charge in [-0.25, -0.2) is 9.59 Å². The standard InChI is InChI=1S/C23H22O7/c1-22(2)10-9-15-11-13(3-8-18(15)29-22)12-17-19(14-4-6-16(24)7-5-14)23(28,21(26)27)30-20(17)25/h3-8,11,24,28H,9-10,12H2,1-2H3,(H,26,27)/t23-/m0/s1. The van der Waals surface area contributed by atoms with Crippen molar-refractivity contribution in [2.45, 2.75) is 44.5 Å². The molecule has 7 nitrogen and oxygen atoms in total. The molecule has 4 rings (SSSR count). The Morgan fingerprint density at radius 1 is 1.10 bits per heavy atom.